The number of halogens is 1. The van der Waals surface area contributed by atoms with Crippen LogP contribution in [-0.2, 0) is 0 Å². The van der Waals surface area contributed by atoms with Gasteiger partial charge in [0.1, 0.15) is 11.9 Å². The summed E-state index contributed by atoms with van der Waals surface area (Å²) in [4.78, 5) is 2.34. The summed E-state index contributed by atoms with van der Waals surface area (Å²) in [6.45, 7) is 6.55. The maximum absolute atomic E-state index is 6.29. The minimum atomic E-state index is 0.309. The fourth-order valence-corrected chi connectivity index (χ4v) is 2.49. The number of ether oxygens (including phenoxy) is 1. The van der Waals surface area contributed by atoms with E-state index < -0.39 is 0 Å². The monoisotopic (exact) mass is 267 g/mol. The van der Waals surface area contributed by atoms with Gasteiger partial charge in [0.25, 0.3) is 0 Å². The molecule has 0 amide bonds. The molecule has 1 saturated heterocycles. The molecule has 0 N–H and O–H groups in total. The molecule has 1 aliphatic rings. The number of likely N-dealkylation sites (tertiary alicyclic amines) is 1. The fraction of sp³-hybridized carbons (Fsp3) is 0.600. The highest BCUT2D eigenvalue weighted by Crippen LogP contribution is 2.30. The van der Waals surface area contributed by atoms with E-state index >= 15 is 0 Å². The van der Waals surface area contributed by atoms with Gasteiger partial charge in [-0.15, -0.1) is 0 Å². The van der Waals surface area contributed by atoms with Gasteiger partial charge in [-0.3, -0.25) is 0 Å². The van der Waals surface area contributed by atoms with Gasteiger partial charge in [0.2, 0.25) is 0 Å². The molecule has 3 heteroatoms. The molecule has 0 aromatic heterocycles. The van der Waals surface area contributed by atoms with Crippen LogP contribution in [0.25, 0.3) is 0 Å². The lowest BCUT2D eigenvalue weighted by atomic mass is 10.0. The summed E-state index contributed by atoms with van der Waals surface area (Å²) in [5.41, 5.74) is 1.26. The second kappa shape index (κ2) is 5.94. The summed E-state index contributed by atoms with van der Waals surface area (Å²) in [6, 6.07) is 6.15. The van der Waals surface area contributed by atoms with Crippen LogP contribution in [-0.4, -0.2) is 31.1 Å². The van der Waals surface area contributed by atoms with Crippen LogP contribution in [0, 0.1) is 0 Å². The van der Waals surface area contributed by atoms with Gasteiger partial charge in [0, 0.05) is 13.1 Å². The van der Waals surface area contributed by atoms with Crippen LogP contribution in [0.15, 0.2) is 18.2 Å². The van der Waals surface area contributed by atoms with Crippen LogP contribution >= 0.6 is 11.6 Å². The highest BCUT2D eigenvalue weighted by Gasteiger charge is 2.19. The molecular formula is C15H22ClNO. The first-order valence-corrected chi connectivity index (χ1v) is 7.08. The zero-order valence-corrected chi connectivity index (χ0v) is 12.2. The van der Waals surface area contributed by atoms with Gasteiger partial charge >= 0.3 is 0 Å². The summed E-state index contributed by atoms with van der Waals surface area (Å²) in [7, 11) is 2.15. The second-order valence-electron chi connectivity index (χ2n) is 5.47. The van der Waals surface area contributed by atoms with E-state index in [-0.39, 0.29) is 0 Å². The Balaban J connectivity index is 2.01. The number of nitrogens with zero attached hydrogens (tertiary/aromatic N) is 1. The summed E-state index contributed by atoms with van der Waals surface area (Å²) in [6.07, 6.45) is 2.47. The number of hydrogen-bond acceptors (Lipinski definition) is 2. The largest absolute Gasteiger partial charge is 0.489 e. The van der Waals surface area contributed by atoms with Crippen molar-refractivity contribution in [2.75, 3.05) is 20.1 Å². The Labute approximate surface area is 115 Å². The Hall–Kier alpha value is -0.730. The average molecular weight is 268 g/mol. The van der Waals surface area contributed by atoms with Crippen LogP contribution in [0.5, 0.6) is 5.75 Å². The Morgan fingerprint density at radius 2 is 1.94 bits per heavy atom. The second-order valence-corrected chi connectivity index (χ2v) is 5.87. The minimum absolute atomic E-state index is 0.309. The Bertz CT molecular complexity index is 397. The van der Waals surface area contributed by atoms with Crippen molar-refractivity contribution in [1.29, 1.82) is 0 Å². The molecule has 0 radical (unpaired) electrons. The molecule has 1 fully saturated rings. The summed E-state index contributed by atoms with van der Waals surface area (Å²) in [5, 5.41) is 0.736. The fourth-order valence-electron chi connectivity index (χ4n) is 2.25. The predicted octanol–water partition coefficient (Wildman–Crippen LogP) is 3.94. The third-order valence-electron chi connectivity index (χ3n) is 3.58. The van der Waals surface area contributed by atoms with Gasteiger partial charge in [-0.05, 0) is 43.5 Å². The first-order chi connectivity index (χ1) is 8.56. The third-order valence-corrected chi connectivity index (χ3v) is 3.88. The zero-order chi connectivity index (χ0) is 13.1. The maximum Gasteiger partial charge on any atom is 0.138 e. The SMILES string of the molecule is CC(C)c1ccc(OC2CCN(C)CC2)c(Cl)c1. The molecule has 0 spiro atoms. The van der Waals surface area contributed by atoms with Gasteiger partial charge < -0.3 is 9.64 Å². The zero-order valence-electron chi connectivity index (χ0n) is 11.4. The molecule has 0 saturated carbocycles. The molecule has 0 unspecified atom stereocenters. The molecule has 0 atom stereocenters. The number of piperidine rings is 1. The summed E-state index contributed by atoms with van der Waals surface area (Å²) in [5.74, 6) is 1.33. The number of rotatable bonds is 3. The van der Waals surface area contributed by atoms with Crippen molar-refractivity contribution in [2.45, 2.75) is 38.7 Å². The summed E-state index contributed by atoms with van der Waals surface area (Å²) < 4.78 is 6.01. The van der Waals surface area contributed by atoms with Crippen molar-refractivity contribution in [1.82, 2.24) is 4.90 Å². The molecule has 2 nitrogen and oxygen atoms in total. The molecular weight excluding hydrogens is 246 g/mol. The van der Waals surface area contributed by atoms with Gasteiger partial charge in [-0.2, -0.15) is 0 Å². The Kier molecular flexibility index (Phi) is 4.52. The van der Waals surface area contributed by atoms with E-state index in [1.165, 1.54) is 5.56 Å². The van der Waals surface area contributed by atoms with Crippen molar-refractivity contribution in [3.05, 3.63) is 28.8 Å². The molecule has 1 aromatic rings. The standard InChI is InChI=1S/C15H22ClNO/c1-11(2)12-4-5-15(14(16)10-12)18-13-6-8-17(3)9-7-13/h4-5,10-11,13H,6-9H2,1-3H3. The number of hydrogen-bond donors (Lipinski definition) is 0. The molecule has 0 bridgehead atoms. The van der Waals surface area contributed by atoms with Crippen LogP contribution < -0.4 is 4.74 Å². The van der Waals surface area contributed by atoms with E-state index in [0.29, 0.717) is 12.0 Å². The van der Waals surface area contributed by atoms with Crippen molar-refractivity contribution in [3.8, 4) is 5.75 Å². The van der Waals surface area contributed by atoms with Gasteiger partial charge in [-0.25, -0.2) is 0 Å². The van der Waals surface area contributed by atoms with E-state index in [1.807, 2.05) is 12.1 Å². The first-order valence-electron chi connectivity index (χ1n) is 6.71. The lowest BCUT2D eigenvalue weighted by molar-refractivity contribution is 0.114. The average Bonchev–Trinajstić information content (AvgIpc) is 2.34. The topological polar surface area (TPSA) is 12.5 Å². The normalized spacial score (nSPS) is 18.3. The van der Waals surface area contributed by atoms with Crippen molar-refractivity contribution in [3.63, 3.8) is 0 Å². The van der Waals surface area contributed by atoms with Crippen LogP contribution in [0.4, 0.5) is 0 Å². The van der Waals surface area contributed by atoms with Crippen LogP contribution in [0.1, 0.15) is 38.2 Å². The molecule has 0 aliphatic carbocycles. The van der Waals surface area contributed by atoms with Crippen molar-refractivity contribution in [2.24, 2.45) is 0 Å². The van der Waals surface area contributed by atoms with Gasteiger partial charge in [-0.1, -0.05) is 31.5 Å². The van der Waals surface area contributed by atoms with E-state index in [2.05, 4.69) is 31.9 Å². The van der Waals surface area contributed by atoms with Gasteiger partial charge in [0.15, 0.2) is 0 Å². The Morgan fingerprint density at radius 1 is 1.28 bits per heavy atom. The van der Waals surface area contributed by atoms with Crippen molar-refractivity contribution >= 4 is 11.6 Å². The first kappa shape index (κ1) is 13.7. The smallest absolute Gasteiger partial charge is 0.138 e. The van der Waals surface area contributed by atoms with E-state index in [0.717, 1.165) is 36.7 Å². The lowest BCUT2D eigenvalue weighted by Crippen LogP contribution is -2.35. The molecule has 18 heavy (non-hydrogen) atoms. The molecule has 1 heterocycles. The van der Waals surface area contributed by atoms with Crippen molar-refractivity contribution < 1.29 is 4.74 Å². The van der Waals surface area contributed by atoms with Gasteiger partial charge in [0.05, 0.1) is 5.02 Å². The minimum Gasteiger partial charge on any atom is -0.489 e. The molecule has 1 aromatic carbocycles. The maximum atomic E-state index is 6.29. The molecule has 1 aliphatic heterocycles. The van der Waals surface area contributed by atoms with E-state index in [1.54, 1.807) is 0 Å². The molecule has 100 valence electrons. The Morgan fingerprint density at radius 3 is 2.50 bits per heavy atom. The summed E-state index contributed by atoms with van der Waals surface area (Å²) >= 11 is 6.29. The van der Waals surface area contributed by atoms with Crippen LogP contribution in [0.3, 0.4) is 0 Å². The quantitative estimate of drug-likeness (QED) is 0.823. The van der Waals surface area contributed by atoms with E-state index in [4.69, 9.17) is 16.3 Å². The number of benzene rings is 1. The third kappa shape index (κ3) is 3.39. The van der Waals surface area contributed by atoms with E-state index in [9.17, 15) is 0 Å². The highest BCUT2D eigenvalue weighted by atomic mass is 35.5. The highest BCUT2D eigenvalue weighted by molar-refractivity contribution is 6.32. The predicted molar refractivity (Wildman–Crippen MR) is 76.7 cm³/mol. The van der Waals surface area contributed by atoms with Crippen LogP contribution in [0.2, 0.25) is 5.02 Å². The lowest BCUT2D eigenvalue weighted by Gasteiger charge is -2.29. The molecule has 2 rings (SSSR count).